The lowest BCUT2D eigenvalue weighted by Crippen LogP contribution is -2.45. The molecule has 0 aromatic heterocycles. The number of aliphatic hydroxyl groups excluding tert-OH is 3. The summed E-state index contributed by atoms with van der Waals surface area (Å²) in [4.78, 5) is 12.3. The van der Waals surface area contributed by atoms with Gasteiger partial charge in [-0.2, -0.15) is 0 Å². The van der Waals surface area contributed by atoms with Gasteiger partial charge < -0.3 is 20.6 Å². The van der Waals surface area contributed by atoms with Crippen LogP contribution in [0.5, 0.6) is 0 Å². The van der Waals surface area contributed by atoms with Crippen LogP contribution in [0.15, 0.2) is 36.5 Å². The van der Waals surface area contributed by atoms with Gasteiger partial charge in [0.1, 0.15) is 0 Å². The molecule has 0 heterocycles. The molecule has 246 valence electrons. The molecule has 0 aliphatic carbocycles. The third kappa shape index (κ3) is 28.7. The van der Waals surface area contributed by atoms with Crippen molar-refractivity contribution in [2.24, 2.45) is 0 Å². The number of carbonyl (C=O) groups excluding carboxylic acids is 1. The van der Waals surface area contributed by atoms with Crippen molar-refractivity contribution in [2.75, 3.05) is 6.61 Å². The topological polar surface area (TPSA) is 89.8 Å². The number of carbonyl (C=O) groups is 1. The molecule has 0 aromatic carbocycles. The molecule has 0 saturated heterocycles. The highest BCUT2D eigenvalue weighted by Crippen LogP contribution is 2.12. The molecule has 5 heteroatoms. The normalized spacial score (nSPS) is 14.3. The average Bonchev–Trinajstić information content (AvgIpc) is 2.98. The Balaban J connectivity index is 3.84. The second-order valence-corrected chi connectivity index (χ2v) is 12.1. The Kier molecular flexibility index (Phi) is 31.4. The number of amides is 1. The lowest BCUT2D eigenvalue weighted by Gasteiger charge is -2.20. The first-order chi connectivity index (χ1) is 20.5. The van der Waals surface area contributed by atoms with Crippen molar-refractivity contribution in [3.8, 4) is 0 Å². The van der Waals surface area contributed by atoms with Gasteiger partial charge >= 0.3 is 0 Å². The highest BCUT2D eigenvalue weighted by atomic mass is 16.3. The Labute approximate surface area is 260 Å². The van der Waals surface area contributed by atoms with E-state index in [9.17, 15) is 20.1 Å². The summed E-state index contributed by atoms with van der Waals surface area (Å²) in [5, 5.41) is 32.9. The third-order valence-electron chi connectivity index (χ3n) is 7.90. The molecule has 5 nitrogen and oxygen atoms in total. The van der Waals surface area contributed by atoms with E-state index in [4.69, 9.17) is 0 Å². The van der Waals surface area contributed by atoms with Crippen LogP contribution in [0, 0.1) is 0 Å². The van der Waals surface area contributed by atoms with Gasteiger partial charge in [-0.3, -0.25) is 4.79 Å². The van der Waals surface area contributed by atoms with E-state index in [0.717, 1.165) is 44.9 Å². The molecule has 0 spiro atoms. The molecule has 0 radical (unpaired) electrons. The summed E-state index contributed by atoms with van der Waals surface area (Å²) in [6, 6.07) is -0.762. The van der Waals surface area contributed by atoms with E-state index < -0.39 is 18.2 Å². The smallest absolute Gasteiger partial charge is 0.222 e. The summed E-state index contributed by atoms with van der Waals surface area (Å²) < 4.78 is 0. The predicted octanol–water partition coefficient (Wildman–Crippen LogP) is 9.26. The number of allylic oxidation sites excluding steroid dienone is 5. The first-order valence-electron chi connectivity index (χ1n) is 17.8. The van der Waals surface area contributed by atoms with E-state index in [1.807, 2.05) is 6.08 Å². The summed E-state index contributed by atoms with van der Waals surface area (Å²) in [6.45, 7) is 4.15. The highest BCUT2D eigenvalue weighted by Gasteiger charge is 2.20. The molecule has 0 bridgehead atoms. The fourth-order valence-electron chi connectivity index (χ4n) is 5.11. The first kappa shape index (κ1) is 40.6. The van der Waals surface area contributed by atoms with Gasteiger partial charge in [0.2, 0.25) is 5.91 Å². The first-order valence-corrected chi connectivity index (χ1v) is 17.8. The Bertz CT molecular complexity index is 660. The van der Waals surface area contributed by atoms with Gasteiger partial charge in [0.25, 0.3) is 0 Å². The Morgan fingerprint density at radius 3 is 1.52 bits per heavy atom. The number of rotatable bonds is 31. The highest BCUT2D eigenvalue weighted by molar-refractivity contribution is 5.76. The van der Waals surface area contributed by atoms with Crippen molar-refractivity contribution >= 4 is 5.91 Å². The molecule has 3 atom stereocenters. The summed E-state index contributed by atoms with van der Waals surface area (Å²) in [6.07, 6.45) is 38.4. The van der Waals surface area contributed by atoms with Gasteiger partial charge in [0.15, 0.2) is 0 Å². The Hall–Kier alpha value is -1.43. The van der Waals surface area contributed by atoms with Gasteiger partial charge in [0, 0.05) is 0 Å². The van der Waals surface area contributed by atoms with Crippen LogP contribution in [0.2, 0.25) is 0 Å². The largest absolute Gasteiger partial charge is 0.394 e. The van der Waals surface area contributed by atoms with E-state index in [-0.39, 0.29) is 18.9 Å². The molecule has 0 aliphatic rings. The lowest BCUT2D eigenvalue weighted by atomic mass is 10.1. The van der Waals surface area contributed by atoms with E-state index in [2.05, 4.69) is 43.5 Å². The zero-order valence-electron chi connectivity index (χ0n) is 27.6. The third-order valence-corrected chi connectivity index (χ3v) is 7.90. The average molecular weight is 592 g/mol. The maximum atomic E-state index is 12.3. The number of hydrogen-bond donors (Lipinski definition) is 4. The van der Waals surface area contributed by atoms with Crippen LogP contribution in [0.1, 0.15) is 168 Å². The number of unbranched alkanes of at least 4 members (excludes halogenated alkanes) is 18. The van der Waals surface area contributed by atoms with Crippen molar-refractivity contribution in [1.82, 2.24) is 5.32 Å². The number of nitrogens with one attached hydrogen (secondary N) is 1. The summed E-state index contributed by atoms with van der Waals surface area (Å²) >= 11 is 0. The summed E-state index contributed by atoms with van der Waals surface area (Å²) in [5.41, 5.74) is 0. The maximum absolute atomic E-state index is 12.3. The SMILES string of the molecule is CCCCCCCCC/C=C\CCCCCC(O)CC(=O)NC(CO)C(O)/C=C/CC/C=C/CCCCCCCCC. The molecule has 0 rings (SSSR count). The zero-order valence-corrected chi connectivity index (χ0v) is 27.6. The van der Waals surface area contributed by atoms with Crippen LogP contribution >= 0.6 is 0 Å². The fraction of sp³-hybridized carbons (Fsp3) is 0.811. The zero-order chi connectivity index (χ0) is 30.9. The minimum atomic E-state index is -0.952. The molecule has 3 unspecified atom stereocenters. The van der Waals surface area contributed by atoms with Crippen molar-refractivity contribution in [3.05, 3.63) is 36.5 Å². The standard InChI is InChI=1S/C37H69NO4/c1-3-5-7-9-11-13-15-17-19-20-22-24-26-28-30-34(40)32-37(42)38-35(33-39)36(41)31-29-27-25-23-21-18-16-14-12-10-8-6-4-2/h19-21,23,29,31,34-36,39-41H,3-18,22,24-28,30,32-33H2,1-2H3,(H,38,42)/b20-19-,23-21+,31-29+. The van der Waals surface area contributed by atoms with Crippen LogP contribution < -0.4 is 5.32 Å². The van der Waals surface area contributed by atoms with Gasteiger partial charge in [-0.25, -0.2) is 0 Å². The molecule has 0 fully saturated rings. The Morgan fingerprint density at radius 2 is 1.02 bits per heavy atom. The van der Waals surface area contributed by atoms with Crippen molar-refractivity contribution in [3.63, 3.8) is 0 Å². The summed E-state index contributed by atoms with van der Waals surface area (Å²) in [5.74, 6) is -0.337. The van der Waals surface area contributed by atoms with Crippen LogP contribution in [0.25, 0.3) is 0 Å². The van der Waals surface area contributed by atoms with E-state index in [1.165, 1.54) is 96.3 Å². The second-order valence-electron chi connectivity index (χ2n) is 12.1. The van der Waals surface area contributed by atoms with Crippen LogP contribution in [-0.4, -0.2) is 46.1 Å². The van der Waals surface area contributed by atoms with E-state index in [0.29, 0.717) is 6.42 Å². The summed E-state index contributed by atoms with van der Waals surface area (Å²) in [7, 11) is 0. The van der Waals surface area contributed by atoms with Gasteiger partial charge in [0.05, 0.1) is 31.3 Å². The van der Waals surface area contributed by atoms with Gasteiger partial charge in [-0.15, -0.1) is 0 Å². The second kappa shape index (κ2) is 32.5. The van der Waals surface area contributed by atoms with Crippen LogP contribution in [-0.2, 0) is 4.79 Å². The molecule has 0 saturated carbocycles. The molecule has 4 N–H and O–H groups in total. The molecule has 0 aromatic rings. The van der Waals surface area contributed by atoms with Crippen LogP contribution in [0.3, 0.4) is 0 Å². The molecular formula is C37H69NO4. The monoisotopic (exact) mass is 592 g/mol. The molecule has 0 aliphatic heterocycles. The lowest BCUT2D eigenvalue weighted by molar-refractivity contribution is -0.124. The Morgan fingerprint density at radius 1 is 0.595 bits per heavy atom. The quantitative estimate of drug-likeness (QED) is 0.0478. The van der Waals surface area contributed by atoms with Gasteiger partial charge in [-0.05, 0) is 57.8 Å². The van der Waals surface area contributed by atoms with Crippen molar-refractivity contribution < 1.29 is 20.1 Å². The maximum Gasteiger partial charge on any atom is 0.222 e. The minimum absolute atomic E-state index is 0.00514. The van der Waals surface area contributed by atoms with Crippen LogP contribution in [0.4, 0.5) is 0 Å². The predicted molar refractivity (Wildman–Crippen MR) is 181 cm³/mol. The fourth-order valence-corrected chi connectivity index (χ4v) is 5.11. The van der Waals surface area contributed by atoms with E-state index in [1.54, 1.807) is 6.08 Å². The minimum Gasteiger partial charge on any atom is -0.394 e. The molecular weight excluding hydrogens is 522 g/mol. The van der Waals surface area contributed by atoms with Crippen molar-refractivity contribution in [1.29, 1.82) is 0 Å². The molecule has 42 heavy (non-hydrogen) atoms. The number of aliphatic hydroxyl groups is 3. The van der Waals surface area contributed by atoms with Gasteiger partial charge in [-0.1, -0.05) is 140 Å². The molecule has 1 amide bonds. The van der Waals surface area contributed by atoms with Crippen molar-refractivity contribution in [2.45, 2.75) is 186 Å². The number of hydrogen-bond acceptors (Lipinski definition) is 4. The van der Waals surface area contributed by atoms with E-state index >= 15 is 0 Å².